The van der Waals surface area contributed by atoms with E-state index in [1.165, 1.54) is 24.6 Å². The quantitative estimate of drug-likeness (QED) is 0.918. The van der Waals surface area contributed by atoms with Gasteiger partial charge in [-0.2, -0.15) is 0 Å². The summed E-state index contributed by atoms with van der Waals surface area (Å²) in [5, 5.41) is 9.32. The Labute approximate surface area is 109 Å². The van der Waals surface area contributed by atoms with Crippen molar-refractivity contribution in [2.24, 2.45) is 7.05 Å². The topological polar surface area (TPSA) is 62.5 Å². The fourth-order valence-corrected chi connectivity index (χ4v) is 1.65. The van der Waals surface area contributed by atoms with Gasteiger partial charge in [-0.1, -0.05) is 23.2 Å². The Bertz CT molecular complexity index is 470. The summed E-state index contributed by atoms with van der Waals surface area (Å²) < 4.78 is 1.41. The molecule has 1 heterocycles. The number of carboxylic acid groups (broad SMARTS) is 1. The largest absolute Gasteiger partial charge is 0.480 e. The van der Waals surface area contributed by atoms with Crippen molar-refractivity contribution in [3.8, 4) is 0 Å². The van der Waals surface area contributed by atoms with Crippen molar-refractivity contribution in [2.75, 3.05) is 7.05 Å². The monoisotopic (exact) mass is 278 g/mol. The lowest BCUT2D eigenvalue weighted by Gasteiger charge is -2.21. The number of carbonyl (C=O) groups excluding carboxylic acids is 1. The molecule has 0 bridgehead atoms. The van der Waals surface area contributed by atoms with E-state index < -0.39 is 17.9 Å². The molecular formula is C10H12Cl2N2O3. The van der Waals surface area contributed by atoms with Crippen molar-refractivity contribution in [3.05, 3.63) is 21.9 Å². The molecule has 0 spiro atoms. The Morgan fingerprint density at radius 2 is 2.00 bits per heavy atom. The molecular weight excluding hydrogens is 267 g/mol. The molecule has 0 aliphatic heterocycles. The summed E-state index contributed by atoms with van der Waals surface area (Å²) in [7, 11) is 3.00. The van der Waals surface area contributed by atoms with Gasteiger partial charge in [0.1, 0.15) is 16.9 Å². The van der Waals surface area contributed by atoms with E-state index in [-0.39, 0.29) is 15.9 Å². The summed E-state index contributed by atoms with van der Waals surface area (Å²) >= 11 is 11.6. The highest BCUT2D eigenvalue weighted by Gasteiger charge is 2.25. The van der Waals surface area contributed by atoms with E-state index in [1.54, 1.807) is 7.05 Å². The van der Waals surface area contributed by atoms with Crippen molar-refractivity contribution in [3.63, 3.8) is 0 Å². The minimum atomic E-state index is -1.08. The van der Waals surface area contributed by atoms with Crippen LogP contribution in [0.4, 0.5) is 0 Å². The number of likely N-dealkylation sites (N-methyl/N-ethyl adjacent to an activating group) is 1. The standard InChI is InChI=1S/C10H12Cl2N2O3/c1-5(10(16)17)13(2)9(15)7-4-6(11)8(12)14(7)3/h4-5H,1-3H3,(H,16,17). The van der Waals surface area contributed by atoms with Crippen LogP contribution in [0.2, 0.25) is 10.2 Å². The van der Waals surface area contributed by atoms with Gasteiger partial charge in [0, 0.05) is 14.1 Å². The maximum atomic E-state index is 12.0. The van der Waals surface area contributed by atoms with E-state index in [0.717, 1.165) is 4.90 Å². The molecule has 5 nitrogen and oxygen atoms in total. The van der Waals surface area contributed by atoms with Crippen LogP contribution in [0.25, 0.3) is 0 Å². The zero-order valence-corrected chi connectivity index (χ0v) is 11.1. The summed E-state index contributed by atoms with van der Waals surface area (Å²) in [5.41, 5.74) is 0.246. The van der Waals surface area contributed by atoms with Crippen LogP contribution in [0, 0.1) is 0 Å². The number of carbonyl (C=O) groups is 2. The van der Waals surface area contributed by atoms with E-state index in [4.69, 9.17) is 28.3 Å². The molecule has 0 saturated carbocycles. The molecule has 1 N–H and O–H groups in total. The summed E-state index contributed by atoms with van der Waals surface area (Å²) in [6.07, 6.45) is 0. The van der Waals surface area contributed by atoms with Crippen LogP contribution in [0.3, 0.4) is 0 Å². The van der Waals surface area contributed by atoms with Crippen molar-refractivity contribution in [2.45, 2.75) is 13.0 Å². The lowest BCUT2D eigenvalue weighted by Crippen LogP contribution is -2.40. The molecule has 1 rings (SSSR count). The summed E-state index contributed by atoms with van der Waals surface area (Å²) in [4.78, 5) is 23.9. The average Bonchev–Trinajstić information content (AvgIpc) is 2.53. The molecule has 7 heteroatoms. The van der Waals surface area contributed by atoms with E-state index in [0.29, 0.717) is 0 Å². The van der Waals surface area contributed by atoms with E-state index in [1.807, 2.05) is 0 Å². The third kappa shape index (κ3) is 2.56. The molecule has 1 unspecified atom stereocenters. The van der Waals surface area contributed by atoms with Gasteiger partial charge in [0.25, 0.3) is 5.91 Å². The van der Waals surface area contributed by atoms with Crippen molar-refractivity contribution >= 4 is 35.1 Å². The number of aromatic nitrogens is 1. The number of rotatable bonds is 3. The van der Waals surface area contributed by atoms with Gasteiger partial charge >= 0.3 is 5.97 Å². The van der Waals surface area contributed by atoms with Crippen molar-refractivity contribution < 1.29 is 14.7 Å². The number of hydrogen-bond acceptors (Lipinski definition) is 2. The lowest BCUT2D eigenvalue weighted by molar-refractivity contribution is -0.141. The van der Waals surface area contributed by atoms with Gasteiger partial charge in [-0.15, -0.1) is 0 Å². The Balaban J connectivity index is 3.05. The van der Waals surface area contributed by atoms with Crippen LogP contribution >= 0.6 is 23.2 Å². The average molecular weight is 279 g/mol. The molecule has 0 aliphatic carbocycles. The first kappa shape index (κ1) is 13.9. The number of halogens is 2. The first-order valence-electron chi connectivity index (χ1n) is 4.78. The van der Waals surface area contributed by atoms with Crippen LogP contribution in [0.5, 0.6) is 0 Å². The summed E-state index contributed by atoms with van der Waals surface area (Å²) in [5.74, 6) is -1.52. The predicted molar refractivity (Wildman–Crippen MR) is 64.6 cm³/mol. The van der Waals surface area contributed by atoms with Crippen molar-refractivity contribution in [1.29, 1.82) is 0 Å². The number of hydrogen-bond donors (Lipinski definition) is 1. The molecule has 1 atom stereocenters. The Morgan fingerprint density at radius 3 is 2.35 bits per heavy atom. The third-order valence-corrected chi connectivity index (χ3v) is 3.44. The molecule has 17 heavy (non-hydrogen) atoms. The van der Waals surface area contributed by atoms with Gasteiger partial charge in [0.2, 0.25) is 0 Å². The molecule has 0 saturated heterocycles. The lowest BCUT2D eigenvalue weighted by atomic mass is 10.2. The highest BCUT2D eigenvalue weighted by molar-refractivity contribution is 6.41. The molecule has 1 aromatic rings. The first-order valence-corrected chi connectivity index (χ1v) is 5.53. The van der Waals surface area contributed by atoms with Crippen LogP contribution in [-0.4, -0.2) is 39.5 Å². The van der Waals surface area contributed by atoms with Gasteiger partial charge in [0.15, 0.2) is 0 Å². The number of aliphatic carboxylic acids is 1. The highest BCUT2D eigenvalue weighted by Crippen LogP contribution is 2.25. The summed E-state index contributed by atoms with van der Waals surface area (Å²) in [6, 6.07) is 0.493. The SMILES string of the molecule is CC(C(=O)O)N(C)C(=O)c1cc(Cl)c(Cl)n1C. The number of carboxylic acids is 1. The second kappa shape index (κ2) is 4.98. The third-order valence-electron chi connectivity index (χ3n) is 2.59. The van der Waals surface area contributed by atoms with Gasteiger partial charge in [-0.3, -0.25) is 4.79 Å². The first-order chi connectivity index (χ1) is 7.77. The zero-order valence-electron chi connectivity index (χ0n) is 9.57. The maximum absolute atomic E-state index is 12.0. The molecule has 1 aromatic heterocycles. The molecule has 0 aromatic carbocycles. The Hall–Kier alpha value is -1.20. The number of amides is 1. The Morgan fingerprint density at radius 1 is 1.47 bits per heavy atom. The van der Waals surface area contributed by atoms with Crippen LogP contribution in [0.1, 0.15) is 17.4 Å². The molecule has 94 valence electrons. The molecule has 1 amide bonds. The fourth-order valence-electron chi connectivity index (χ4n) is 1.27. The van der Waals surface area contributed by atoms with Gasteiger partial charge < -0.3 is 14.6 Å². The molecule has 0 radical (unpaired) electrons. The smallest absolute Gasteiger partial charge is 0.326 e. The second-order valence-electron chi connectivity index (χ2n) is 3.66. The highest BCUT2D eigenvalue weighted by atomic mass is 35.5. The normalized spacial score (nSPS) is 12.3. The molecule has 0 aliphatic rings. The second-order valence-corrected chi connectivity index (χ2v) is 4.42. The minimum absolute atomic E-state index is 0.242. The van der Waals surface area contributed by atoms with Gasteiger partial charge in [-0.05, 0) is 13.0 Å². The van der Waals surface area contributed by atoms with E-state index >= 15 is 0 Å². The van der Waals surface area contributed by atoms with Crippen molar-refractivity contribution in [1.82, 2.24) is 9.47 Å². The van der Waals surface area contributed by atoms with Crippen LogP contribution in [0.15, 0.2) is 6.07 Å². The van der Waals surface area contributed by atoms with Gasteiger partial charge in [0.05, 0.1) is 5.02 Å². The predicted octanol–water partition coefficient (Wildman–Crippen LogP) is 1.88. The maximum Gasteiger partial charge on any atom is 0.326 e. The van der Waals surface area contributed by atoms with E-state index in [2.05, 4.69) is 0 Å². The minimum Gasteiger partial charge on any atom is -0.480 e. The fraction of sp³-hybridized carbons (Fsp3) is 0.400. The van der Waals surface area contributed by atoms with Gasteiger partial charge in [-0.25, -0.2) is 4.79 Å². The van der Waals surface area contributed by atoms with E-state index in [9.17, 15) is 9.59 Å². The summed E-state index contributed by atoms with van der Waals surface area (Å²) in [6.45, 7) is 1.42. The number of nitrogens with zero attached hydrogens (tertiary/aromatic N) is 2. The Kier molecular flexibility index (Phi) is 4.06. The zero-order chi connectivity index (χ0) is 13.3. The van der Waals surface area contributed by atoms with Crippen LogP contribution < -0.4 is 0 Å². The van der Waals surface area contributed by atoms with Crippen LogP contribution in [-0.2, 0) is 11.8 Å². The molecule has 0 fully saturated rings.